The van der Waals surface area contributed by atoms with Crippen molar-refractivity contribution < 1.29 is 8.42 Å². The Morgan fingerprint density at radius 3 is 2.79 bits per heavy atom. The summed E-state index contributed by atoms with van der Waals surface area (Å²) in [5.41, 5.74) is 0. The molecule has 0 radical (unpaired) electrons. The Kier molecular flexibility index (Phi) is 4.70. The molecule has 0 bridgehead atoms. The summed E-state index contributed by atoms with van der Waals surface area (Å²) in [5.74, 6) is 1.96. The molecule has 0 spiro atoms. The fraction of sp³-hybridized carbons (Fsp3) is 0.583. The Morgan fingerprint density at radius 2 is 2.26 bits per heavy atom. The molecule has 106 valence electrons. The van der Waals surface area contributed by atoms with E-state index in [0.717, 1.165) is 12.4 Å². The number of pyridine rings is 1. The van der Waals surface area contributed by atoms with E-state index in [2.05, 4.69) is 10.3 Å². The highest BCUT2D eigenvalue weighted by atomic mass is 32.2. The Labute approximate surface area is 118 Å². The second-order valence-electron chi connectivity index (χ2n) is 4.68. The highest BCUT2D eigenvalue weighted by molar-refractivity contribution is 8.00. The minimum absolute atomic E-state index is 0.221. The van der Waals surface area contributed by atoms with Gasteiger partial charge >= 0.3 is 0 Å². The van der Waals surface area contributed by atoms with Crippen LogP contribution in [0.2, 0.25) is 0 Å². The quantitative estimate of drug-likeness (QED) is 0.896. The largest absolute Gasteiger partial charge is 0.369 e. The van der Waals surface area contributed by atoms with Gasteiger partial charge in [-0.25, -0.2) is 17.7 Å². The molecular formula is C12H19N3O2S2. The van der Waals surface area contributed by atoms with Gasteiger partial charge in [-0.3, -0.25) is 0 Å². The molecular weight excluding hydrogens is 282 g/mol. The lowest BCUT2D eigenvalue weighted by molar-refractivity contribution is 0.520. The highest BCUT2D eigenvalue weighted by Crippen LogP contribution is 2.26. The molecule has 1 N–H and O–H groups in total. The summed E-state index contributed by atoms with van der Waals surface area (Å²) in [6.45, 7) is 0.886. The molecule has 1 unspecified atom stereocenters. The van der Waals surface area contributed by atoms with Gasteiger partial charge in [0.2, 0.25) is 10.0 Å². The molecule has 1 fully saturated rings. The van der Waals surface area contributed by atoms with Crippen LogP contribution in [0.25, 0.3) is 0 Å². The van der Waals surface area contributed by atoms with Crippen molar-refractivity contribution in [3.63, 3.8) is 0 Å². The molecule has 19 heavy (non-hydrogen) atoms. The Balaban J connectivity index is 1.98. The van der Waals surface area contributed by atoms with Crippen LogP contribution in [-0.4, -0.2) is 49.3 Å². The molecule has 0 aromatic carbocycles. The van der Waals surface area contributed by atoms with E-state index in [4.69, 9.17) is 0 Å². The Bertz CT molecular complexity index is 508. The number of sulfonamides is 1. The van der Waals surface area contributed by atoms with Gasteiger partial charge in [-0.2, -0.15) is 11.8 Å². The number of nitrogens with zero attached hydrogens (tertiary/aromatic N) is 2. The molecule has 1 aromatic heterocycles. The van der Waals surface area contributed by atoms with Gasteiger partial charge < -0.3 is 5.32 Å². The number of anilines is 1. The van der Waals surface area contributed by atoms with Gasteiger partial charge in [-0.1, -0.05) is 0 Å². The maximum absolute atomic E-state index is 11.9. The average Bonchev–Trinajstić information content (AvgIpc) is 2.90. The van der Waals surface area contributed by atoms with Crippen LogP contribution in [-0.2, 0) is 10.0 Å². The van der Waals surface area contributed by atoms with E-state index in [-0.39, 0.29) is 4.90 Å². The van der Waals surface area contributed by atoms with Crippen molar-refractivity contribution in [1.29, 1.82) is 0 Å². The standard InChI is InChI=1S/C12H19N3O2S2/c1-15(2)19(16,17)11-5-6-12(14-9-11)13-8-10-4-3-7-18-10/h5-6,9-10H,3-4,7-8H2,1-2H3,(H,13,14). The van der Waals surface area contributed by atoms with E-state index >= 15 is 0 Å². The van der Waals surface area contributed by atoms with Gasteiger partial charge in [0, 0.05) is 32.1 Å². The van der Waals surface area contributed by atoms with Crippen LogP contribution >= 0.6 is 11.8 Å². The third kappa shape index (κ3) is 3.61. The van der Waals surface area contributed by atoms with Crippen molar-refractivity contribution >= 4 is 27.6 Å². The van der Waals surface area contributed by atoms with Crippen LogP contribution < -0.4 is 5.32 Å². The Morgan fingerprint density at radius 1 is 1.47 bits per heavy atom. The van der Waals surface area contributed by atoms with E-state index in [1.807, 2.05) is 11.8 Å². The summed E-state index contributed by atoms with van der Waals surface area (Å²) in [4.78, 5) is 4.38. The molecule has 0 amide bonds. The topological polar surface area (TPSA) is 62.3 Å². The van der Waals surface area contributed by atoms with E-state index in [1.54, 1.807) is 12.1 Å². The molecule has 0 saturated carbocycles. The number of rotatable bonds is 5. The highest BCUT2D eigenvalue weighted by Gasteiger charge is 2.18. The van der Waals surface area contributed by atoms with Crippen molar-refractivity contribution in [2.45, 2.75) is 23.0 Å². The third-order valence-electron chi connectivity index (χ3n) is 3.05. The van der Waals surface area contributed by atoms with Gasteiger partial charge in [0.1, 0.15) is 10.7 Å². The maximum Gasteiger partial charge on any atom is 0.244 e. The first-order valence-electron chi connectivity index (χ1n) is 6.24. The summed E-state index contributed by atoms with van der Waals surface area (Å²) >= 11 is 1.98. The monoisotopic (exact) mass is 301 g/mol. The normalized spacial score (nSPS) is 19.8. The number of aromatic nitrogens is 1. The van der Waals surface area contributed by atoms with Crippen molar-refractivity contribution in [3.8, 4) is 0 Å². The predicted octanol–water partition coefficient (Wildman–Crippen LogP) is 1.64. The van der Waals surface area contributed by atoms with Crippen LogP contribution in [0, 0.1) is 0 Å². The van der Waals surface area contributed by atoms with Crippen LogP contribution in [0.4, 0.5) is 5.82 Å². The fourth-order valence-corrected chi connectivity index (χ4v) is 3.92. The molecule has 7 heteroatoms. The summed E-state index contributed by atoms with van der Waals surface area (Å²) in [7, 11) is -0.360. The molecule has 1 aliphatic rings. The summed E-state index contributed by atoms with van der Waals surface area (Å²) in [5, 5.41) is 3.90. The lowest BCUT2D eigenvalue weighted by Gasteiger charge is -2.13. The van der Waals surface area contributed by atoms with Crippen molar-refractivity contribution in [3.05, 3.63) is 18.3 Å². The predicted molar refractivity (Wildman–Crippen MR) is 79.1 cm³/mol. The van der Waals surface area contributed by atoms with Gasteiger partial charge in [-0.15, -0.1) is 0 Å². The molecule has 1 aromatic rings. The van der Waals surface area contributed by atoms with Crippen molar-refractivity contribution in [1.82, 2.24) is 9.29 Å². The van der Waals surface area contributed by atoms with Crippen LogP contribution in [0.3, 0.4) is 0 Å². The van der Waals surface area contributed by atoms with Crippen LogP contribution in [0.15, 0.2) is 23.2 Å². The SMILES string of the molecule is CN(C)S(=O)(=O)c1ccc(NCC2CCCS2)nc1. The number of thioether (sulfide) groups is 1. The lowest BCUT2D eigenvalue weighted by atomic mass is 10.2. The van der Waals surface area contributed by atoms with Crippen LogP contribution in [0.5, 0.6) is 0 Å². The molecule has 0 aliphatic carbocycles. The van der Waals surface area contributed by atoms with E-state index in [1.165, 1.54) is 43.2 Å². The molecule has 1 atom stereocenters. The van der Waals surface area contributed by atoms with Crippen LogP contribution in [0.1, 0.15) is 12.8 Å². The minimum Gasteiger partial charge on any atom is -0.369 e. The van der Waals surface area contributed by atoms with Gasteiger partial charge in [-0.05, 0) is 30.7 Å². The molecule has 2 rings (SSSR count). The lowest BCUT2D eigenvalue weighted by Crippen LogP contribution is -2.22. The third-order valence-corrected chi connectivity index (χ3v) is 6.25. The molecule has 2 heterocycles. The number of nitrogens with one attached hydrogen (secondary N) is 1. The molecule has 5 nitrogen and oxygen atoms in total. The zero-order valence-electron chi connectivity index (χ0n) is 11.2. The zero-order valence-corrected chi connectivity index (χ0v) is 12.8. The Hall–Kier alpha value is -0.790. The minimum atomic E-state index is -3.39. The first kappa shape index (κ1) is 14.6. The molecule has 1 saturated heterocycles. The summed E-state index contributed by atoms with van der Waals surface area (Å²) < 4.78 is 24.9. The summed E-state index contributed by atoms with van der Waals surface area (Å²) in [6, 6.07) is 3.31. The van der Waals surface area contributed by atoms with E-state index < -0.39 is 10.0 Å². The second kappa shape index (κ2) is 6.11. The van der Waals surface area contributed by atoms with Gasteiger partial charge in [0.25, 0.3) is 0 Å². The van der Waals surface area contributed by atoms with Gasteiger partial charge in [0.05, 0.1) is 0 Å². The first-order valence-corrected chi connectivity index (χ1v) is 8.73. The maximum atomic E-state index is 11.9. The average molecular weight is 301 g/mol. The zero-order chi connectivity index (χ0) is 13.9. The first-order chi connectivity index (χ1) is 9.00. The van der Waals surface area contributed by atoms with E-state index in [0.29, 0.717) is 5.25 Å². The number of hydrogen-bond acceptors (Lipinski definition) is 5. The van der Waals surface area contributed by atoms with Crippen molar-refractivity contribution in [2.75, 3.05) is 31.7 Å². The van der Waals surface area contributed by atoms with E-state index in [9.17, 15) is 8.42 Å². The molecule has 1 aliphatic heterocycles. The smallest absolute Gasteiger partial charge is 0.244 e. The van der Waals surface area contributed by atoms with Gasteiger partial charge in [0.15, 0.2) is 0 Å². The summed E-state index contributed by atoms with van der Waals surface area (Å²) in [6.07, 6.45) is 3.93. The fourth-order valence-electron chi connectivity index (χ4n) is 1.87. The van der Waals surface area contributed by atoms with Crippen molar-refractivity contribution in [2.24, 2.45) is 0 Å². The second-order valence-corrected chi connectivity index (χ2v) is 8.24. The number of hydrogen-bond donors (Lipinski definition) is 1.